The lowest BCUT2D eigenvalue weighted by atomic mass is 9.86. The largest absolute Gasteiger partial charge is 0.360 e. The van der Waals surface area contributed by atoms with Crippen molar-refractivity contribution < 1.29 is 0 Å². The second-order valence-electron chi connectivity index (χ2n) is 5.05. The van der Waals surface area contributed by atoms with Crippen molar-refractivity contribution in [1.29, 1.82) is 0 Å². The zero-order valence-electron chi connectivity index (χ0n) is 10.9. The van der Waals surface area contributed by atoms with Crippen LogP contribution in [0.2, 0.25) is 0 Å². The number of nitrogens with one attached hydrogen (secondary N) is 2. The lowest BCUT2D eigenvalue weighted by Crippen LogP contribution is -2.45. The van der Waals surface area contributed by atoms with Crippen LogP contribution in [0, 0.1) is 5.92 Å². The molecule has 1 heterocycles. The summed E-state index contributed by atoms with van der Waals surface area (Å²) in [5.41, 5.74) is 1.20. The number of aromatic nitrogens is 1. The van der Waals surface area contributed by atoms with Crippen LogP contribution < -0.4 is 10.6 Å². The highest BCUT2D eigenvalue weighted by Gasteiger charge is 2.21. The Labute approximate surface area is 114 Å². The first-order valence-corrected chi connectivity index (χ1v) is 7.10. The maximum Gasteiger partial charge on any atom is 0.166 e. The Morgan fingerprint density at radius 2 is 2.06 bits per heavy atom. The van der Waals surface area contributed by atoms with Crippen LogP contribution in [0.1, 0.15) is 38.2 Å². The second-order valence-corrected chi connectivity index (χ2v) is 5.46. The highest BCUT2D eigenvalue weighted by atomic mass is 32.1. The number of hydrogen-bond donors (Lipinski definition) is 2. The Morgan fingerprint density at radius 1 is 1.33 bits per heavy atom. The molecule has 0 radical (unpaired) electrons. The van der Waals surface area contributed by atoms with Gasteiger partial charge in [0.05, 0.1) is 0 Å². The van der Waals surface area contributed by atoms with E-state index in [2.05, 4.69) is 22.5 Å². The molecule has 0 amide bonds. The fourth-order valence-electron chi connectivity index (χ4n) is 2.43. The van der Waals surface area contributed by atoms with Crippen LogP contribution >= 0.6 is 12.2 Å². The first kappa shape index (κ1) is 13.3. The number of nitrogens with zero attached hydrogens (tertiary/aromatic N) is 1. The predicted octanol–water partition coefficient (Wildman–Crippen LogP) is 2.62. The van der Waals surface area contributed by atoms with Crippen molar-refractivity contribution in [2.45, 2.75) is 45.2 Å². The van der Waals surface area contributed by atoms with Gasteiger partial charge in [0.1, 0.15) is 0 Å². The molecule has 0 unspecified atom stereocenters. The van der Waals surface area contributed by atoms with Gasteiger partial charge in [0.2, 0.25) is 0 Å². The summed E-state index contributed by atoms with van der Waals surface area (Å²) in [7, 11) is 0. The van der Waals surface area contributed by atoms with Crippen LogP contribution in [0.4, 0.5) is 0 Å². The van der Waals surface area contributed by atoms with Gasteiger partial charge in [-0.3, -0.25) is 4.98 Å². The minimum absolute atomic E-state index is 0.538. The lowest BCUT2D eigenvalue weighted by molar-refractivity contribution is 0.308. The van der Waals surface area contributed by atoms with E-state index < -0.39 is 0 Å². The molecule has 2 N–H and O–H groups in total. The van der Waals surface area contributed by atoms with Crippen LogP contribution in [0.25, 0.3) is 0 Å². The molecule has 1 fully saturated rings. The van der Waals surface area contributed by atoms with Crippen molar-refractivity contribution in [2.75, 3.05) is 0 Å². The highest BCUT2D eigenvalue weighted by Crippen LogP contribution is 2.23. The van der Waals surface area contributed by atoms with Crippen LogP contribution in [0.3, 0.4) is 0 Å². The van der Waals surface area contributed by atoms with E-state index in [4.69, 9.17) is 12.2 Å². The summed E-state index contributed by atoms with van der Waals surface area (Å²) in [5, 5.41) is 7.47. The molecule has 0 saturated heterocycles. The van der Waals surface area contributed by atoms with Gasteiger partial charge in [-0.1, -0.05) is 19.8 Å². The first-order chi connectivity index (χ1) is 8.75. The number of rotatable bonds is 3. The van der Waals surface area contributed by atoms with Crippen LogP contribution in [0.15, 0.2) is 24.5 Å². The van der Waals surface area contributed by atoms with E-state index in [0.29, 0.717) is 6.04 Å². The topological polar surface area (TPSA) is 37.0 Å². The molecular weight excluding hydrogens is 242 g/mol. The number of hydrogen-bond acceptors (Lipinski definition) is 2. The van der Waals surface area contributed by atoms with E-state index in [9.17, 15) is 0 Å². The summed E-state index contributed by atoms with van der Waals surface area (Å²) >= 11 is 5.35. The first-order valence-electron chi connectivity index (χ1n) is 6.69. The van der Waals surface area contributed by atoms with Crippen molar-refractivity contribution in [2.24, 2.45) is 5.92 Å². The maximum absolute atomic E-state index is 5.35. The molecule has 4 heteroatoms. The Bertz CT molecular complexity index is 380. The quantitative estimate of drug-likeness (QED) is 0.822. The molecule has 0 spiro atoms. The summed E-state index contributed by atoms with van der Waals surface area (Å²) in [5.74, 6) is 0.722. The molecule has 18 heavy (non-hydrogen) atoms. The van der Waals surface area contributed by atoms with Gasteiger partial charge in [-0.25, -0.2) is 0 Å². The van der Waals surface area contributed by atoms with E-state index in [1.807, 2.05) is 12.1 Å². The Hall–Kier alpha value is -1.16. The number of thiocarbonyl (C=S) groups is 1. The molecular formula is C14H21N3S. The molecule has 1 aromatic rings. The van der Waals surface area contributed by atoms with Crippen LogP contribution in [0.5, 0.6) is 0 Å². The van der Waals surface area contributed by atoms with Gasteiger partial charge in [0.15, 0.2) is 5.11 Å². The minimum atomic E-state index is 0.538. The molecule has 0 aliphatic heterocycles. The smallest absolute Gasteiger partial charge is 0.166 e. The van der Waals surface area contributed by atoms with E-state index >= 15 is 0 Å². The summed E-state index contributed by atoms with van der Waals surface area (Å²) in [4.78, 5) is 4.00. The second kappa shape index (κ2) is 6.69. The van der Waals surface area contributed by atoms with Crippen LogP contribution in [-0.2, 0) is 6.54 Å². The molecule has 0 bridgehead atoms. The maximum atomic E-state index is 5.35. The van der Waals surface area contributed by atoms with Gasteiger partial charge in [0.25, 0.3) is 0 Å². The van der Waals surface area contributed by atoms with Crippen LogP contribution in [-0.4, -0.2) is 16.1 Å². The summed E-state index contributed by atoms with van der Waals surface area (Å²) < 4.78 is 0. The average Bonchev–Trinajstić information content (AvgIpc) is 2.40. The lowest BCUT2D eigenvalue weighted by Gasteiger charge is -2.30. The van der Waals surface area contributed by atoms with Gasteiger partial charge in [0, 0.05) is 25.0 Å². The fraction of sp³-hybridized carbons (Fsp3) is 0.571. The Kier molecular flexibility index (Phi) is 4.93. The van der Waals surface area contributed by atoms with E-state index in [0.717, 1.165) is 17.6 Å². The molecule has 1 aliphatic carbocycles. The van der Waals surface area contributed by atoms with E-state index in [1.54, 1.807) is 12.4 Å². The normalized spacial score (nSPS) is 23.4. The molecule has 2 rings (SSSR count). The van der Waals surface area contributed by atoms with E-state index in [1.165, 1.54) is 31.2 Å². The summed E-state index contributed by atoms with van der Waals surface area (Å²) in [6, 6.07) is 4.54. The zero-order valence-corrected chi connectivity index (χ0v) is 11.7. The van der Waals surface area contributed by atoms with Crippen molar-refractivity contribution in [3.63, 3.8) is 0 Å². The van der Waals surface area contributed by atoms with Gasteiger partial charge in [-0.15, -0.1) is 0 Å². The third-order valence-electron chi connectivity index (χ3n) is 3.63. The average molecular weight is 263 g/mol. The molecule has 98 valence electrons. The molecule has 1 saturated carbocycles. The minimum Gasteiger partial charge on any atom is -0.360 e. The standard InChI is InChI=1S/C14H21N3S/c1-11-4-2-3-5-13(11)17-14(18)16-10-12-6-8-15-9-7-12/h6-9,11,13H,2-5,10H2,1H3,(H2,16,17,18)/t11-,13-/m0/s1. The zero-order chi connectivity index (χ0) is 12.8. The van der Waals surface area contributed by atoms with Gasteiger partial charge >= 0.3 is 0 Å². The van der Waals surface area contributed by atoms with Crippen molar-refractivity contribution >= 4 is 17.3 Å². The van der Waals surface area contributed by atoms with Gasteiger partial charge < -0.3 is 10.6 Å². The van der Waals surface area contributed by atoms with Crippen molar-refractivity contribution in [1.82, 2.24) is 15.6 Å². The molecule has 3 nitrogen and oxygen atoms in total. The van der Waals surface area contributed by atoms with Gasteiger partial charge in [-0.05, 0) is 48.7 Å². The fourth-order valence-corrected chi connectivity index (χ4v) is 2.66. The SMILES string of the molecule is C[C@H]1CCCC[C@@H]1NC(=S)NCc1ccncc1. The molecule has 0 aromatic carbocycles. The third-order valence-corrected chi connectivity index (χ3v) is 3.89. The van der Waals surface area contributed by atoms with Crippen molar-refractivity contribution in [3.05, 3.63) is 30.1 Å². The Morgan fingerprint density at radius 3 is 2.78 bits per heavy atom. The third kappa shape index (κ3) is 3.95. The monoisotopic (exact) mass is 263 g/mol. The summed E-state index contributed by atoms with van der Waals surface area (Å²) in [6.07, 6.45) is 8.82. The molecule has 1 aliphatic rings. The number of pyridine rings is 1. The predicted molar refractivity (Wildman–Crippen MR) is 78.2 cm³/mol. The van der Waals surface area contributed by atoms with Gasteiger partial charge in [-0.2, -0.15) is 0 Å². The Balaban J connectivity index is 1.75. The summed E-state index contributed by atoms with van der Waals surface area (Å²) in [6.45, 7) is 3.07. The molecule has 2 atom stereocenters. The van der Waals surface area contributed by atoms with E-state index in [-0.39, 0.29) is 0 Å². The highest BCUT2D eigenvalue weighted by molar-refractivity contribution is 7.80. The van der Waals surface area contributed by atoms with Crippen molar-refractivity contribution in [3.8, 4) is 0 Å². The molecule has 1 aromatic heterocycles.